The lowest BCUT2D eigenvalue weighted by Gasteiger charge is -2.35. The summed E-state index contributed by atoms with van der Waals surface area (Å²) in [7, 11) is 0. The van der Waals surface area contributed by atoms with Gasteiger partial charge in [-0.25, -0.2) is 4.79 Å². The van der Waals surface area contributed by atoms with Crippen LogP contribution in [0.3, 0.4) is 0 Å². The quantitative estimate of drug-likeness (QED) is 0.808. The standard InChI is InChI=1S/C20H18N2O4/c1-20(2)25-18(23)15(19(24)26-20)16-13-10-6-7-11-14(13)17(21)22(16)12-8-4-3-5-9-12/h3-11,16,21,23H,1-2H3. The number of aliphatic hydroxyl groups excluding tert-OH is 1. The lowest BCUT2D eigenvalue weighted by Crippen LogP contribution is -2.41. The Bertz CT molecular complexity index is 934. The number of aliphatic hydroxyl groups is 1. The molecule has 0 aromatic heterocycles. The average molecular weight is 350 g/mol. The molecule has 6 heteroatoms. The number of benzene rings is 2. The van der Waals surface area contributed by atoms with E-state index in [1.54, 1.807) is 18.7 Å². The zero-order chi connectivity index (χ0) is 18.5. The molecule has 0 spiro atoms. The summed E-state index contributed by atoms with van der Waals surface area (Å²) < 4.78 is 10.7. The van der Waals surface area contributed by atoms with Crippen molar-refractivity contribution in [3.8, 4) is 0 Å². The van der Waals surface area contributed by atoms with Crippen molar-refractivity contribution in [3.63, 3.8) is 0 Å². The number of fused-ring (bicyclic) bond motifs is 1. The van der Waals surface area contributed by atoms with Crippen LogP contribution in [0.25, 0.3) is 0 Å². The first-order valence-electron chi connectivity index (χ1n) is 8.27. The summed E-state index contributed by atoms with van der Waals surface area (Å²) in [5, 5.41) is 19.1. The first-order chi connectivity index (χ1) is 12.4. The van der Waals surface area contributed by atoms with Crippen LogP contribution in [0.5, 0.6) is 0 Å². The van der Waals surface area contributed by atoms with E-state index in [1.807, 2.05) is 54.6 Å². The van der Waals surface area contributed by atoms with Gasteiger partial charge < -0.3 is 19.5 Å². The van der Waals surface area contributed by atoms with Crippen molar-refractivity contribution in [2.45, 2.75) is 25.7 Å². The van der Waals surface area contributed by atoms with Crippen LogP contribution in [0.4, 0.5) is 5.69 Å². The molecule has 0 saturated carbocycles. The second-order valence-corrected chi connectivity index (χ2v) is 6.65. The van der Waals surface area contributed by atoms with Crippen LogP contribution in [0.1, 0.15) is 31.0 Å². The van der Waals surface area contributed by atoms with E-state index in [0.29, 0.717) is 5.56 Å². The Morgan fingerprint density at radius 3 is 2.38 bits per heavy atom. The molecule has 0 amide bonds. The molecule has 0 fully saturated rings. The van der Waals surface area contributed by atoms with Gasteiger partial charge in [0.25, 0.3) is 11.7 Å². The maximum atomic E-state index is 12.7. The molecule has 4 rings (SSSR count). The van der Waals surface area contributed by atoms with Crippen LogP contribution in [0, 0.1) is 5.41 Å². The van der Waals surface area contributed by atoms with Gasteiger partial charge in [-0.2, -0.15) is 0 Å². The highest BCUT2D eigenvalue weighted by molar-refractivity contribution is 6.14. The van der Waals surface area contributed by atoms with Crippen LogP contribution in [0.15, 0.2) is 66.1 Å². The Hall–Kier alpha value is -3.28. The number of hydrogen-bond acceptors (Lipinski definition) is 5. The summed E-state index contributed by atoms with van der Waals surface area (Å²) in [4.78, 5) is 14.4. The molecule has 2 heterocycles. The van der Waals surface area contributed by atoms with Crippen molar-refractivity contribution < 1.29 is 19.4 Å². The van der Waals surface area contributed by atoms with Crippen molar-refractivity contribution in [2.24, 2.45) is 0 Å². The van der Waals surface area contributed by atoms with Crippen molar-refractivity contribution in [2.75, 3.05) is 4.90 Å². The van der Waals surface area contributed by atoms with E-state index >= 15 is 0 Å². The number of carbonyl (C=O) groups is 1. The number of nitrogens with zero attached hydrogens (tertiary/aromatic N) is 1. The van der Waals surface area contributed by atoms with Crippen molar-refractivity contribution in [1.29, 1.82) is 5.41 Å². The third kappa shape index (κ3) is 2.42. The fourth-order valence-corrected chi connectivity index (χ4v) is 3.40. The Morgan fingerprint density at radius 1 is 1.04 bits per heavy atom. The number of ether oxygens (including phenoxy) is 2. The van der Waals surface area contributed by atoms with E-state index in [1.165, 1.54) is 0 Å². The number of para-hydroxylation sites is 1. The minimum Gasteiger partial charge on any atom is -0.480 e. The molecule has 2 aromatic rings. The molecule has 6 nitrogen and oxygen atoms in total. The Morgan fingerprint density at radius 2 is 1.69 bits per heavy atom. The predicted molar refractivity (Wildman–Crippen MR) is 95.8 cm³/mol. The molecular formula is C20H18N2O4. The molecule has 0 radical (unpaired) electrons. The molecule has 2 N–H and O–H groups in total. The Balaban J connectivity index is 1.92. The third-order valence-electron chi connectivity index (χ3n) is 4.45. The molecule has 1 unspecified atom stereocenters. The number of rotatable bonds is 2. The zero-order valence-corrected chi connectivity index (χ0v) is 14.4. The van der Waals surface area contributed by atoms with Crippen LogP contribution < -0.4 is 4.90 Å². The summed E-state index contributed by atoms with van der Waals surface area (Å²) in [6.45, 7) is 3.11. The molecule has 2 aliphatic heterocycles. The monoisotopic (exact) mass is 350 g/mol. The SMILES string of the molecule is CC1(C)OC(=O)C(C2c3ccccc3C(=N)N2c2ccccc2)=C(O)O1. The highest BCUT2D eigenvalue weighted by atomic mass is 16.8. The maximum Gasteiger partial charge on any atom is 0.347 e. The number of amidine groups is 1. The summed E-state index contributed by atoms with van der Waals surface area (Å²) in [6.07, 6.45) is 0. The van der Waals surface area contributed by atoms with E-state index in [0.717, 1.165) is 11.3 Å². The van der Waals surface area contributed by atoms with Gasteiger partial charge in [0, 0.05) is 25.1 Å². The molecule has 132 valence electrons. The number of cyclic esters (lactones) is 1. The predicted octanol–water partition coefficient (Wildman–Crippen LogP) is 3.65. The normalized spacial score (nSPS) is 21.3. The Labute approximate surface area is 150 Å². The second kappa shape index (κ2) is 5.62. The molecule has 2 aliphatic rings. The lowest BCUT2D eigenvalue weighted by molar-refractivity contribution is -0.222. The average Bonchev–Trinajstić information content (AvgIpc) is 2.87. The fourth-order valence-electron chi connectivity index (χ4n) is 3.40. The van der Waals surface area contributed by atoms with Gasteiger partial charge in [-0.15, -0.1) is 0 Å². The minimum absolute atomic E-state index is 0.0112. The van der Waals surface area contributed by atoms with Gasteiger partial charge in [0.15, 0.2) is 0 Å². The molecule has 26 heavy (non-hydrogen) atoms. The highest BCUT2D eigenvalue weighted by Crippen LogP contribution is 2.44. The first-order valence-corrected chi connectivity index (χ1v) is 8.27. The molecular weight excluding hydrogens is 332 g/mol. The zero-order valence-electron chi connectivity index (χ0n) is 14.4. The van der Waals surface area contributed by atoms with E-state index in [4.69, 9.17) is 14.9 Å². The number of carbonyl (C=O) groups excluding carboxylic acids is 1. The number of hydrogen-bond donors (Lipinski definition) is 2. The van der Waals surface area contributed by atoms with Crippen LogP contribution in [-0.2, 0) is 14.3 Å². The van der Waals surface area contributed by atoms with E-state index < -0.39 is 23.7 Å². The summed E-state index contributed by atoms with van der Waals surface area (Å²) in [5.74, 6) is -2.13. The smallest absolute Gasteiger partial charge is 0.347 e. The van der Waals surface area contributed by atoms with Crippen LogP contribution in [0.2, 0.25) is 0 Å². The van der Waals surface area contributed by atoms with Gasteiger partial charge in [0.2, 0.25) is 0 Å². The van der Waals surface area contributed by atoms with Gasteiger partial charge in [0.05, 0.1) is 0 Å². The van der Waals surface area contributed by atoms with Crippen molar-refractivity contribution in [1.82, 2.24) is 0 Å². The summed E-state index contributed by atoms with van der Waals surface area (Å²) >= 11 is 0. The second-order valence-electron chi connectivity index (χ2n) is 6.65. The lowest BCUT2D eigenvalue weighted by atomic mass is 9.97. The largest absolute Gasteiger partial charge is 0.480 e. The van der Waals surface area contributed by atoms with Crippen molar-refractivity contribution >= 4 is 17.5 Å². The van der Waals surface area contributed by atoms with Gasteiger partial charge in [-0.1, -0.05) is 42.5 Å². The Kier molecular flexibility index (Phi) is 3.50. The molecule has 0 aliphatic carbocycles. The van der Waals surface area contributed by atoms with Crippen molar-refractivity contribution in [3.05, 3.63) is 77.2 Å². The van der Waals surface area contributed by atoms with Gasteiger partial charge in [-0.3, -0.25) is 5.41 Å². The number of esters is 1. The molecule has 2 aromatic carbocycles. The first kappa shape index (κ1) is 16.2. The highest BCUT2D eigenvalue weighted by Gasteiger charge is 2.47. The number of anilines is 1. The summed E-state index contributed by atoms with van der Waals surface area (Å²) in [5.41, 5.74) is 2.15. The third-order valence-corrected chi connectivity index (χ3v) is 4.45. The van der Waals surface area contributed by atoms with E-state index in [-0.39, 0.29) is 11.4 Å². The molecule has 0 saturated heterocycles. The maximum absolute atomic E-state index is 12.7. The fraction of sp³-hybridized carbons (Fsp3) is 0.200. The van der Waals surface area contributed by atoms with Gasteiger partial charge >= 0.3 is 5.97 Å². The van der Waals surface area contributed by atoms with Crippen LogP contribution >= 0.6 is 0 Å². The topological polar surface area (TPSA) is 82.9 Å². The summed E-state index contributed by atoms with van der Waals surface area (Å²) in [6, 6.07) is 15.9. The van der Waals surface area contributed by atoms with E-state index in [9.17, 15) is 9.90 Å². The minimum atomic E-state index is -1.24. The van der Waals surface area contributed by atoms with Crippen LogP contribution in [-0.4, -0.2) is 22.7 Å². The van der Waals surface area contributed by atoms with Gasteiger partial charge in [-0.05, 0) is 17.7 Å². The number of nitrogens with one attached hydrogen (secondary N) is 1. The van der Waals surface area contributed by atoms with Gasteiger partial charge in [0.1, 0.15) is 17.5 Å². The molecule has 0 bridgehead atoms. The molecule has 1 atom stereocenters. The van der Waals surface area contributed by atoms with E-state index in [2.05, 4.69) is 0 Å².